The van der Waals surface area contributed by atoms with Gasteiger partial charge in [-0.2, -0.15) is 18.4 Å². The number of thioether (sulfide) groups is 1. The Labute approximate surface area is 171 Å². The van der Waals surface area contributed by atoms with E-state index in [9.17, 15) is 23.2 Å². The van der Waals surface area contributed by atoms with Crippen molar-refractivity contribution < 1.29 is 22.7 Å². The smallest absolute Gasteiger partial charge is 0.417 e. The van der Waals surface area contributed by atoms with Gasteiger partial charge in [-0.3, -0.25) is 4.79 Å². The van der Waals surface area contributed by atoms with Crippen molar-refractivity contribution >= 4 is 17.7 Å². The Morgan fingerprint density at radius 2 is 2.00 bits per heavy atom. The van der Waals surface area contributed by atoms with Gasteiger partial charge in [0, 0.05) is 12.2 Å². The van der Waals surface area contributed by atoms with Gasteiger partial charge in [0.15, 0.2) is 0 Å². The molecule has 1 aromatic heterocycles. The van der Waals surface area contributed by atoms with Crippen LogP contribution in [0.4, 0.5) is 13.2 Å². The lowest BCUT2D eigenvalue weighted by atomic mass is 10.1. The highest BCUT2D eigenvalue weighted by atomic mass is 32.2. The number of ether oxygens (including phenoxy) is 1. The summed E-state index contributed by atoms with van der Waals surface area (Å²) in [7, 11) is 1.58. The van der Waals surface area contributed by atoms with Crippen molar-refractivity contribution in [3.05, 3.63) is 52.7 Å². The summed E-state index contributed by atoms with van der Waals surface area (Å²) in [4.78, 5) is 16.4. The Balaban J connectivity index is 2.02. The Hall–Kier alpha value is -2.73. The largest absolute Gasteiger partial charge is 0.497 e. The minimum absolute atomic E-state index is 0.0994. The molecule has 0 radical (unpaired) electrons. The van der Waals surface area contributed by atoms with Gasteiger partial charge in [-0.1, -0.05) is 23.9 Å². The van der Waals surface area contributed by atoms with Crippen LogP contribution in [0.25, 0.3) is 0 Å². The molecule has 29 heavy (non-hydrogen) atoms. The molecule has 2 aromatic rings. The van der Waals surface area contributed by atoms with E-state index in [0.29, 0.717) is 13.0 Å². The van der Waals surface area contributed by atoms with E-state index in [1.165, 1.54) is 6.92 Å². The van der Waals surface area contributed by atoms with Gasteiger partial charge in [0.25, 0.3) is 0 Å². The first-order valence-electron chi connectivity index (χ1n) is 8.72. The fourth-order valence-corrected chi connectivity index (χ4v) is 3.54. The third-order valence-electron chi connectivity index (χ3n) is 4.06. The molecule has 5 nitrogen and oxygen atoms in total. The van der Waals surface area contributed by atoms with E-state index in [4.69, 9.17) is 4.74 Å². The van der Waals surface area contributed by atoms with Crippen molar-refractivity contribution in [3.63, 3.8) is 0 Å². The fraction of sp³-hybridized carbons (Fsp3) is 0.350. The number of benzene rings is 1. The second-order valence-electron chi connectivity index (χ2n) is 6.25. The number of methoxy groups -OCH3 is 1. The number of rotatable bonds is 7. The first-order chi connectivity index (χ1) is 13.7. The SMILES string of the molecule is COc1ccc(CCNC(=O)C(C)Sc2nc(C)cc(C(F)(F)F)c2C#N)cc1. The lowest BCUT2D eigenvalue weighted by molar-refractivity contribution is -0.138. The number of nitrogens with zero attached hydrogens (tertiary/aromatic N) is 2. The average Bonchev–Trinajstić information content (AvgIpc) is 2.67. The third-order valence-corrected chi connectivity index (χ3v) is 5.15. The van der Waals surface area contributed by atoms with Crippen molar-refractivity contribution in [2.45, 2.75) is 36.7 Å². The maximum Gasteiger partial charge on any atom is 0.417 e. The minimum atomic E-state index is -4.67. The van der Waals surface area contributed by atoms with Gasteiger partial charge in [0.05, 0.1) is 23.5 Å². The number of hydrogen-bond acceptors (Lipinski definition) is 5. The second-order valence-corrected chi connectivity index (χ2v) is 7.58. The van der Waals surface area contributed by atoms with E-state index in [2.05, 4.69) is 10.3 Å². The molecule has 0 spiro atoms. The van der Waals surface area contributed by atoms with E-state index in [-0.39, 0.29) is 16.6 Å². The highest BCUT2D eigenvalue weighted by Gasteiger charge is 2.36. The molecule has 0 saturated heterocycles. The number of carbonyl (C=O) groups excluding carboxylic acids is 1. The molecule has 154 valence electrons. The Morgan fingerprint density at radius 3 is 2.55 bits per heavy atom. The lowest BCUT2D eigenvalue weighted by Crippen LogP contribution is -2.32. The molecule has 2 rings (SSSR count). The molecule has 0 aliphatic heterocycles. The van der Waals surface area contributed by atoms with Gasteiger partial charge >= 0.3 is 6.18 Å². The van der Waals surface area contributed by atoms with Gasteiger partial charge in [-0.25, -0.2) is 4.98 Å². The van der Waals surface area contributed by atoms with Crippen molar-refractivity contribution in [1.82, 2.24) is 10.3 Å². The molecule has 1 unspecified atom stereocenters. The van der Waals surface area contributed by atoms with Crippen LogP contribution in [0, 0.1) is 18.3 Å². The van der Waals surface area contributed by atoms with E-state index in [1.807, 2.05) is 24.3 Å². The Bertz CT molecular complexity index is 909. The molecular weight excluding hydrogens is 403 g/mol. The van der Waals surface area contributed by atoms with Crippen LogP contribution >= 0.6 is 11.8 Å². The topological polar surface area (TPSA) is 75.0 Å². The quantitative estimate of drug-likeness (QED) is 0.678. The number of hydrogen-bond donors (Lipinski definition) is 1. The minimum Gasteiger partial charge on any atom is -0.497 e. The van der Waals surface area contributed by atoms with Crippen molar-refractivity contribution in [3.8, 4) is 11.8 Å². The predicted molar refractivity (Wildman–Crippen MR) is 104 cm³/mol. The highest BCUT2D eigenvalue weighted by molar-refractivity contribution is 8.00. The summed E-state index contributed by atoms with van der Waals surface area (Å²) in [5.74, 6) is 0.393. The van der Waals surface area contributed by atoms with Crippen LogP contribution in [-0.4, -0.2) is 29.8 Å². The van der Waals surface area contributed by atoms with Crippen LogP contribution in [-0.2, 0) is 17.4 Å². The first-order valence-corrected chi connectivity index (χ1v) is 9.60. The van der Waals surface area contributed by atoms with Crippen molar-refractivity contribution in [2.75, 3.05) is 13.7 Å². The molecule has 0 bridgehead atoms. The summed E-state index contributed by atoms with van der Waals surface area (Å²) in [5.41, 5.74) is -0.465. The number of alkyl halides is 3. The van der Waals surface area contributed by atoms with Crippen LogP contribution < -0.4 is 10.1 Å². The zero-order valence-electron chi connectivity index (χ0n) is 16.1. The van der Waals surface area contributed by atoms with Gasteiger partial charge in [0.1, 0.15) is 16.8 Å². The summed E-state index contributed by atoms with van der Waals surface area (Å²) in [5, 5.41) is 11.1. The molecule has 0 aliphatic rings. The average molecular weight is 423 g/mol. The van der Waals surface area contributed by atoms with Crippen molar-refractivity contribution in [2.24, 2.45) is 0 Å². The lowest BCUT2D eigenvalue weighted by Gasteiger charge is -2.15. The summed E-state index contributed by atoms with van der Waals surface area (Å²) in [6.45, 7) is 3.35. The summed E-state index contributed by atoms with van der Waals surface area (Å²) >= 11 is 0.836. The van der Waals surface area contributed by atoms with Crippen LogP contribution in [0.3, 0.4) is 0 Å². The zero-order valence-corrected chi connectivity index (χ0v) is 16.9. The second kappa shape index (κ2) is 9.65. The molecule has 1 atom stereocenters. The number of nitriles is 1. The molecule has 9 heteroatoms. The molecule has 1 amide bonds. The van der Waals surface area contributed by atoms with Crippen LogP contribution in [0.5, 0.6) is 5.75 Å². The van der Waals surface area contributed by atoms with Gasteiger partial charge in [-0.15, -0.1) is 0 Å². The Morgan fingerprint density at radius 1 is 1.34 bits per heavy atom. The van der Waals surface area contributed by atoms with Gasteiger partial charge in [0.2, 0.25) is 5.91 Å². The van der Waals surface area contributed by atoms with Gasteiger partial charge < -0.3 is 10.1 Å². The van der Waals surface area contributed by atoms with Crippen molar-refractivity contribution in [1.29, 1.82) is 5.26 Å². The highest BCUT2D eigenvalue weighted by Crippen LogP contribution is 2.36. The third kappa shape index (κ3) is 6.12. The number of nitrogens with one attached hydrogen (secondary N) is 1. The molecule has 0 saturated carbocycles. The standard InChI is InChI=1S/C20H20F3N3O2S/c1-12-10-17(20(21,22)23)16(11-24)19(26-12)29-13(2)18(27)25-9-8-14-4-6-15(28-3)7-5-14/h4-7,10,13H,8-9H2,1-3H3,(H,25,27). The van der Waals surface area contributed by atoms with Gasteiger partial charge in [-0.05, 0) is 44.0 Å². The molecular formula is C20H20F3N3O2S. The predicted octanol–water partition coefficient (Wildman–Crippen LogP) is 4.13. The number of amides is 1. The van der Waals surface area contributed by atoms with E-state index >= 15 is 0 Å². The molecule has 0 fully saturated rings. The summed E-state index contributed by atoms with van der Waals surface area (Å²) < 4.78 is 44.7. The number of aryl methyl sites for hydroxylation is 1. The van der Waals surface area contributed by atoms with Crippen LogP contribution in [0.15, 0.2) is 35.4 Å². The first kappa shape index (κ1) is 22.6. The van der Waals surface area contributed by atoms with E-state index in [1.54, 1.807) is 20.1 Å². The van der Waals surface area contributed by atoms with Crippen LogP contribution in [0.2, 0.25) is 0 Å². The number of aromatic nitrogens is 1. The number of pyridine rings is 1. The summed E-state index contributed by atoms with van der Waals surface area (Å²) in [6, 6.07) is 9.82. The number of carbonyl (C=O) groups is 1. The maximum atomic E-state index is 13.2. The maximum absolute atomic E-state index is 13.2. The molecule has 0 aliphatic carbocycles. The van der Waals surface area contributed by atoms with E-state index in [0.717, 1.165) is 29.1 Å². The summed E-state index contributed by atoms with van der Waals surface area (Å²) in [6.07, 6.45) is -4.07. The van der Waals surface area contributed by atoms with E-state index < -0.39 is 22.6 Å². The molecule has 1 aromatic carbocycles. The number of halogens is 3. The Kier molecular flexibility index (Phi) is 7.51. The molecule has 1 N–H and O–H groups in total. The fourth-order valence-electron chi connectivity index (χ4n) is 2.55. The molecule has 1 heterocycles. The monoisotopic (exact) mass is 423 g/mol. The van der Waals surface area contributed by atoms with Crippen LogP contribution in [0.1, 0.15) is 29.3 Å². The normalized spacial score (nSPS) is 12.2. The zero-order chi connectivity index (χ0) is 21.6.